The number of aliphatic hydroxyl groups excluding tert-OH is 1. The maximum atomic E-state index is 13.7. The highest BCUT2D eigenvalue weighted by atomic mass is 19.1. The fourth-order valence-corrected chi connectivity index (χ4v) is 4.89. The number of fused-ring (bicyclic) bond motifs is 3. The average Bonchev–Trinajstić information content (AvgIpc) is 3.15. The lowest BCUT2D eigenvalue weighted by molar-refractivity contribution is -0.173. The molecule has 0 bridgehead atoms. The van der Waals surface area contributed by atoms with E-state index in [0.717, 1.165) is 49.3 Å². The minimum absolute atomic E-state index is 0.0203. The monoisotopic (exact) mass is 314 g/mol. The van der Waals surface area contributed by atoms with Gasteiger partial charge in [-0.25, -0.2) is 9.37 Å². The SMILES string of the molecule is O[C@@H]1[C@H](C2c3ccc(F)cc3-c3cncn32)CC12CCOCC2. The summed E-state index contributed by atoms with van der Waals surface area (Å²) in [6.45, 7) is 1.49. The Morgan fingerprint density at radius 2 is 2.13 bits per heavy atom. The smallest absolute Gasteiger partial charge is 0.123 e. The van der Waals surface area contributed by atoms with E-state index in [-0.39, 0.29) is 29.3 Å². The van der Waals surface area contributed by atoms with E-state index in [9.17, 15) is 9.50 Å². The Morgan fingerprint density at radius 1 is 1.30 bits per heavy atom. The Bertz CT molecular complexity index is 766. The Balaban J connectivity index is 1.53. The summed E-state index contributed by atoms with van der Waals surface area (Å²) in [5.74, 6) is -0.0695. The Labute approximate surface area is 133 Å². The number of ether oxygens (including phenoxy) is 1. The van der Waals surface area contributed by atoms with Crippen molar-refractivity contribution in [3.63, 3.8) is 0 Å². The van der Waals surface area contributed by atoms with Gasteiger partial charge in [0.15, 0.2) is 0 Å². The molecule has 5 heteroatoms. The summed E-state index contributed by atoms with van der Waals surface area (Å²) in [6, 6.07) is 5.02. The van der Waals surface area contributed by atoms with Crippen molar-refractivity contribution >= 4 is 0 Å². The van der Waals surface area contributed by atoms with Gasteiger partial charge in [0.1, 0.15) is 5.82 Å². The van der Waals surface area contributed by atoms with E-state index in [4.69, 9.17) is 4.74 Å². The van der Waals surface area contributed by atoms with Gasteiger partial charge in [0.25, 0.3) is 0 Å². The molecular weight excluding hydrogens is 295 g/mol. The predicted molar refractivity (Wildman–Crippen MR) is 82.4 cm³/mol. The summed E-state index contributed by atoms with van der Waals surface area (Å²) in [4.78, 5) is 4.23. The molecule has 3 heterocycles. The Kier molecular flexibility index (Phi) is 2.77. The number of halogens is 1. The molecule has 2 aromatic rings. The van der Waals surface area contributed by atoms with Crippen LogP contribution in [0.15, 0.2) is 30.7 Å². The Hall–Kier alpha value is -1.72. The van der Waals surface area contributed by atoms with Crippen LogP contribution in [0.1, 0.15) is 30.9 Å². The maximum absolute atomic E-state index is 13.7. The molecule has 1 saturated heterocycles. The van der Waals surface area contributed by atoms with Gasteiger partial charge in [-0.2, -0.15) is 0 Å². The highest BCUT2D eigenvalue weighted by Gasteiger charge is 2.57. The summed E-state index contributed by atoms with van der Waals surface area (Å²) < 4.78 is 21.2. The first-order chi connectivity index (χ1) is 11.2. The van der Waals surface area contributed by atoms with E-state index in [2.05, 4.69) is 9.55 Å². The lowest BCUT2D eigenvalue weighted by Crippen LogP contribution is -2.57. The van der Waals surface area contributed by atoms with Crippen molar-refractivity contribution < 1.29 is 14.2 Å². The van der Waals surface area contributed by atoms with Crippen molar-refractivity contribution in [3.8, 4) is 11.3 Å². The molecule has 1 aliphatic carbocycles. The first-order valence-electron chi connectivity index (χ1n) is 8.27. The zero-order valence-corrected chi connectivity index (χ0v) is 12.8. The van der Waals surface area contributed by atoms with Gasteiger partial charge in [-0.05, 0) is 37.0 Å². The minimum atomic E-state index is -0.331. The third-order valence-electron chi connectivity index (χ3n) is 6.15. The largest absolute Gasteiger partial charge is 0.392 e. The fourth-order valence-electron chi connectivity index (χ4n) is 4.89. The summed E-state index contributed by atoms with van der Waals surface area (Å²) in [5.41, 5.74) is 2.99. The highest BCUT2D eigenvalue weighted by Crippen LogP contribution is 2.59. The molecule has 120 valence electrons. The normalized spacial score (nSPS) is 30.8. The predicted octanol–water partition coefficient (Wildman–Crippen LogP) is 2.77. The molecule has 0 radical (unpaired) electrons. The van der Waals surface area contributed by atoms with Gasteiger partial charge in [0, 0.05) is 30.1 Å². The van der Waals surface area contributed by atoms with Crippen molar-refractivity contribution in [1.29, 1.82) is 0 Å². The maximum Gasteiger partial charge on any atom is 0.123 e. The second kappa shape index (κ2) is 4.65. The second-order valence-corrected chi connectivity index (χ2v) is 7.15. The van der Waals surface area contributed by atoms with Crippen LogP contribution < -0.4 is 0 Å². The van der Waals surface area contributed by atoms with Crippen LogP contribution in [0.2, 0.25) is 0 Å². The molecule has 3 atom stereocenters. The number of hydrogen-bond donors (Lipinski definition) is 1. The van der Waals surface area contributed by atoms with Gasteiger partial charge in [-0.15, -0.1) is 0 Å². The molecule has 1 saturated carbocycles. The number of hydrogen-bond acceptors (Lipinski definition) is 3. The molecule has 2 aliphatic heterocycles. The first-order valence-corrected chi connectivity index (χ1v) is 8.27. The number of rotatable bonds is 1. The number of aliphatic hydroxyl groups is 1. The lowest BCUT2D eigenvalue weighted by Gasteiger charge is -2.56. The van der Waals surface area contributed by atoms with Crippen molar-refractivity contribution in [2.24, 2.45) is 11.3 Å². The van der Waals surface area contributed by atoms with Gasteiger partial charge < -0.3 is 14.4 Å². The molecule has 1 spiro atoms. The molecular formula is C18H19FN2O2. The Morgan fingerprint density at radius 3 is 2.91 bits per heavy atom. The fraction of sp³-hybridized carbons (Fsp3) is 0.500. The summed E-state index contributed by atoms with van der Waals surface area (Å²) in [6.07, 6.45) is 6.13. The molecule has 3 aliphatic rings. The molecule has 0 amide bonds. The van der Waals surface area contributed by atoms with Gasteiger partial charge in [0.2, 0.25) is 0 Å². The van der Waals surface area contributed by atoms with E-state index in [1.165, 1.54) is 6.07 Å². The quantitative estimate of drug-likeness (QED) is 0.880. The van der Waals surface area contributed by atoms with Crippen molar-refractivity contribution in [3.05, 3.63) is 42.1 Å². The standard InChI is InChI=1S/C18H19FN2O2/c19-11-1-2-12-13(7-11)15-9-20-10-21(15)16(12)14-8-18(17(14)22)3-5-23-6-4-18/h1-2,7,9-10,14,16-17,22H,3-6,8H2/t14-,16?,17+/m0/s1. The number of imidazole rings is 1. The zero-order valence-electron chi connectivity index (χ0n) is 12.8. The van der Waals surface area contributed by atoms with Crippen molar-refractivity contribution in [2.45, 2.75) is 31.4 Å². The van der Waals surface area contributed by atoms with Gasteiger partial charge >= 0.3 is 0 Å². The van der Waals surface area contributed by atoms with Crippen molar-refractivity contribution in [2.75, 3.05) is 13.2 Å². The van der Waals surface area contributed by atoms with E-state index in [0.29, 0.717) is 0 Å². The van der Waals surface area contributed by atoms with E-state index in [1.807, 2.05) is 6.07 Å². The van der Waals surface area contributed by atoms with E-state index >= 15 is 0 Å². The molecule has 1 unspecified atom stereocenters. The van der Waals surface area contributed by atoms with Crippen LogP contribution in [0.3, 0.4) is 0 Å². The zero-order chi connectivity index (χ0) is 15.6. The minimum Gasteiger partial charge on any atom is -0.392 e. The summed E-state index contributed by atoms with van der Waals surface area (Å²) in [7, 11) is 0. The molecule has 23 heavy (non-hydrogen) atoms. The van der Waals surface area contributed by atoms with Gasteiger partial charge in [0.05, 0.1) is 30.4 Å². The highest BCUT2D eigenvalue weighted by molar-refractivity contribution is 5.69. The van der Waals surface area contributed by atoms with Gasteiger partial charge in [-0.3, -0.25) is 0 Å². The average molecular weight is 314 g/mol. The molecule has 1 N–H and O–H groups in total. The molecule has 1 aromatic carbocycles. The van der Waals surface area contributed by atoms with Crippen LogP contribution in [-0.4, -0.2) is 34.0 Å². The van der Waals surface area contributed by atoms with Crippen molar-refractivity contribution in [1.82, 2.24) is 9.55 Å². The van der Waals surface area contributed by atoms with Crippen LogP contribution in [0.4, 0.5) is 4.39 Å². The summed E-state index contributed by atoms with van der Waals surface area (Å²) >= 11 is 0. The van der Waals surface area contributed by atoms with Gasteiger partial charge in [-0.1, -0.05) is 6.07 Å². The molecule has 5 rings (SSSR count). The van der Waals surface area contributed by atoms with Crippen LogP contribution in [0.25, 0.3) is 11.3 Å². The van der Waals surface area contributed by atoms with Crippen LogP contribution in [0.5, 0.6) is 0 Å². The topological polar surface area (TPSA) is 47.3 Å². The molecule has 2 fully saturated rings. The second-order valence-electron chi connectivity index (χ2n) is 7.15. The van der Waals surface area contributed by atoms with E-state index < -0.39 is 0 Å². The number of nitrogens with zero attached hydrogens (tertiary/aromatic N) is 2. The molecule has 4 nitrogen and oxygen atoms in total. The third-order valence-corrected chi connectivity index (χ3v) is 6.15. The third kappa shape index (κ3) is 1.75. The number of benzene rings is 1. The number of aromatic nitrogens is 2. The molecule has 1 aromatic heterocycles. The van der Waals surface area contributed by atoms with E-state index in [1.54, 1.807) is 18.6 Å². The van der Waals surface area contributed by atoms with Crippen LogP contribution in [-0.2, 0) is 4.74 Å². The lowest BCUT2D eigenvalue weighted by atomic mass is 9.53. The van der Waals surface area contributed by atoms with Crippen LogP contribution in [0, 0.1) is 17.2 Å². The summed E-state index contributed by atoms with van der Waals surface area (Å²) in [5, 5.41) is 10.9. The van der Waals surface area contributed by atoms with Crippen LogP contribution >= 0.6 is 0 Å². The first kappa shape index (κ1) is 13.7.